The first-order valence-electron chi connectivity index (χ1n) is 6.66. The van der Waals surface area contributed by atoms with Gasteiger partial charge in [0.2, 0.25) is 0 Å². The molecule has 0 aliphatic carbocycles. The second-order valence-corrected chi connectivity index (χ2v) is 4.48. The second kappa shape index (κ2) is 6.91. The third-order valence-electron chi connectivity index (χ3n) is 3.18. The number of carbonyl (C=O) groups is 1. The van der Waals surface area contributed by atoms with Gasteiger partial charge >= 0.3 is 5.97 Å². The summed E-state index contributed by atoms with van der Waals surface area (Å²) in [6.07, 6.45) is 0.986. The Labute approximate surface area is 118 Å². The standard InChI is InChI=1S/C16H19NO3/c1-19-16(18)9-11-20-15-7-6-12-4-2-3-5-13(12)14(15)8-10-17/h2-7H,8-11,17H2,1H3. The van der Waals surface area contributed by atoms with E-state index in [1.807, 2.05) is 24.3 Å². The first kappa shape index (κ1) is 14.3. The van der Waals surface area contributed by atoms with Crippen LogP contribution in [0.3, 0.4) is 0 Å². The summed E-state index contributed by atoms with van der Waals surface area (Å²) in [7, 11) is 1.37. The van der Waals surface area contributed by atoms with Crippen LogP contribution in [-0.4, -0.2) is 26.2 Å². The van der Waals surface area contributed by atoms with Crippen molar-refractivity contribution in [2.75, 3.05) is 20.3 Å². The van der Waals surface area contributed by atoms with E-state index >= 15 is 0 Å². The maximum atomic E-state index is 11.1. The van der Waals surface area contributed by atoms with Crippen LogP contribution in [0, 0.1) is 0 Å². The van der Waals surface area contributed by atoms with E-state index in [0.717, 1.165) is 28.5 Å². The van der Waals surface area contributed by atoms with Gasteiger partial charge in [-0.1, -0.05) is 30.3 Å². The lowest BCUT2D eigenvalue weighted by Gasteiger charge is -2.13. The van der Waals surface area contributed by atoms with Crippen molar-refractivity contribution >= 4 is 16.7 Å². The van der Waals surface area contributed by atoms with Crippen molar-refractivity contribution in [3.63, 3.8) is 0 Å². The highest BCUT2D eigenvalue weighted by molar-refractivity contribution is 5.87. The SMILES string of the molecule is COC(=O)CCOc1ccc2ccccc2c1CCN. The Morgan fingerprint density at radius 1 is 1.20 bits per heavy atom. The van der Waals surface area contributed by atoms with Crippen molar-refractivity contribution in [1.29, 1.82) is 0 Å². The van der Waals surface area contributed by atoms with Crippen LogP contribution in [0.4, 0.5) is 0 Å². The number of nitrogens with two attached hydrogens (primary N) is 1. The van der Waals surface area contributed by atoms with E-state index in [2.05, 4.69) is 16.9 Å². The molecule has 0 heterocycles. The van der Waals surface area contributed by atoms with E-state index in [4.69, 9.17) is 10.5 Å². The molecule has 0 amide bonds. The second-order valence-electron chi connectivity index (χ2n) is 4.48. The van der Waals surface area contributed by atoms with Gasteiger partial charge in [-0.3, -0.25) is 4.79 Å². The summed E-state index contributed by atoms with van der Waals surface area (Å²) >= 11 is 0. The molecular weight excluding hydrogens is 254 g/mol. The van der Waals surface area contributed by atoms with Crippen molar-refractivity contribution in [2.24, 2.45) is 5.73 Å². The van der Waals surface area contributed by atoms with Gasteiger partial charge in [0, 0.05) is 5.56 Å². The molecule has 4 heteroatoms. The van der Waals surface area contributed by atoms with E-state index in [-0.39, 0.29) is 12.4 Å². The lowest BCUT2D eigenvalue weighted by molar-refractivity contribution is -0.141. The number of hydrogen-bond donors (Lipinski definition) is 1. The molecule has 0 fully saturated rings. The number of rotatable bonds is 6. The molecular formula is C16H19NO3. The molecule has 0 bridgehead atoms. The maximum absolute atomic E-state index is 11.1. The molecule has 0 spiro atoms. The minimum absolute atomic E-state index is 0.241. The van der Waals surface area contributed by atoms with E-state index in [0.29, 0.717) is 13.2 Å². The summed E-state index contributed by atoms with van der Waals surface area (Å²) in [5.41, 5.74) is 6.78. The largest absolute Gasteiger partial charge is 0.493 e. The van der Waals surface area contributed by atoms with Crippen LogP contribution in [0.2, 0.25) is 0 Å². The summed E-state index contributed by atoms with van der Waals surface area (Å²) < 4.78 is 10.3. The number of fused-ring (bicyclic) bond motifs is 1. The molecule has 0 unspecified atom stereocenters. The average Bonchev–Trinajstić information content (AvgIpc) is 2.49. The summed E-state index contributed by atoms with van der Waals surface area (Å²) in [6.45, 7) is 0.865. The lowest BCUT2D eigenvalue weighted by Crippen LogP contribution is -2.10. The van der Waals surface area contributed by atoms with Crippen molar-refractivity contribution in [1.82, 2.24) is 0 Å². The molecule has 0 atom stereocenters. The normalized spacial score (nSPS) is 10.5. The van der Waals surface area contributed by atoms with Crippen LogP contribution < -0.4 is 10.5 Å². The molecule has 0 saturated carbocycles. The molecule has 106 valence electrons. The third-order valence-corrected chi connectivity index (χ3v) is 3.18. The Hall–Kier alpha value is -2.07. The van der Waals surface area contributed by atoms with Gasteiger partial charge in [-0.2, -0.15) is 0 Å². The maximum Gasteiger partial charge on any atom is 0.308 e. The van der Waals surface area contributed by atoms with E-state index < -0.39 is 0 Å². The van der Waals surface area contributed by atoms with Crippen molar-refractivity contribution in [2.45, 2.75) is 12.8 Å². The molecule has 0 aliphatic rings. The number of hydrogen-bond acceptors (Lipinski definition) is 4. The number of carbonyl (C=O) groups excluding carboxylic acids is 1. The molecule has 0 radical (unpaired) electrons. The number of benzene rings is 2. The molecule has 0 saturated heterocycles. The molecule has 2 aromatic rings. The monoisotopic (exact) mass is 273 g/mol. The predicted molar refractivity (Wildman–Crippen MR) is 78.8 cm³/mol. The van der Waals surface area contributed by atoms with Crippen molar-refractivity contribution < 1.29 is 14.3 Å². The molecule has 0 aromatic heterocycles. The van der Waals surface area contributed by atoms with Gasteiger partial charge in [-0.15, -0.1) is 0 Å². The van der Waals surface area contributed by atoms with Gasteiger partial charge in [0.1, 0.15) is 5.75 Å². The van der Waals surface area contributed by atoms with Gasteiger partial charge in [0.15, 0.2) is 0 Å². The van der Waals surface area contributed by atoms with Gasteiger partial charge in [0.05, 0.1) is 20.1 Å². The molecule has 0 aliphatic heterocycles. The quantitative estimate of drug-likeness (QED) is 0.820. The van der Waals surface area contributed by atoms with Crippen molar-refractivity contribution in [3.8, 4) is 5.75 Å². The fourth-order valence-corrected chi connectivity index (χ4v) is 2.20. The molecule has 2 rings (SSSR count). The van der Waals surface area contributed by atoms with Crippen LogP contribution >= 0.6 is 0 Å². The zero-order valence-corrected chi connectivity index (χ0v) is 11.6. The fourth-order valence-electron chi connectivity index (χ4n) is 2.20. The van der Waals surface area contributed by atoms with Crippen LogP contribution in [0.25, 0.3) is 10.8 Å². The summed E-state index contributed by atoms with van der Waals surface area (Å²) in [4.78, 5) is 11.1. The number of ether oxygens (including phenoxy) is 2. The molecule has 4 nitrogen and oxygen atoms in total. The zero-order chi connectivity index (χ0) is 14.4. The van der Waals surface area contributed by atoms with Gasteiger partial charge in [-0.25, -0.2) is 0 Å². The van der Waals surface area contributed by atoms with Crippen LogP contribution in [0.5, 0.6) is 5.75 Å². The smallest absolute Gasteiger partial charge is 0.308 e. The minimum atomic E-state index is -0.272. The minimum Gasteiger partial charge on any atom is -0.493 e. The molecule has 20 heavy (non-hydrogen) atoms. The van der Waals surface area contributed by atoms with E-state index in [1.165, 1.54) is 7.11 Å². The first-order valence-corrected chi connectivity index (χ1v) is 6.66. The molecule has 2 aromatic carbocycles. The van der Waals surface area contributed by atoms with Gasteiger partial charge < -0.3 is 15.2 Å². The third kappa shape index (κ3) is 3.27. The van der Waals surface area contributed by atoms with Gasteiger partial charge in [0.25, 0.3) is 0 Å². The Morgan fingerprint density at radius 3 is 2.75 bits per heavy atom. The Morgan fingerprint density at radius 2 is 2.00 bits per heavy atom. The Balaban J connectivity index is 2.23. The first-order chi connectivity index (χ1) is 9.76. The lowest BCUT2D eigenvalue weighted by atomic mass is 10.0. The highest BCUT2D eigenvalue weighted by Crippen LogP contribution is 2.28. The number of esters is 1. The highest BCUT2D eigenvalue weighted by atomic mass is 16.5. The van der Waals surface area contributed by atoms with E-state index in [1.54, 1.807) is 0 Å². The number of methoxy groups -OCH3 is 1. The zero-order valence-electron chi connectivity index (χ0n) is 11.6. The summed E-state index contributed by atoms with van der Waals surface area (Å²) in [5.74, 6) is 0.518. The summed E-state index contributed by atoms with van der Waals surface area (Å²) in [5, 5.41) is 2.31. The topological polar surface area (TPSA) is 61.5 Å². The van der Waals surface area contributed by atoms with Crippen LogP contribution in [-0.2, 0) is 16.0 Å². The Kier molecular flexibility index (Phi) is 4.96. The van der Waals surface area contributed by atoms with Crippen LogP contribution in [0.1, 0.15) is 12.0 Å². The Bertz CT molecular complexity index is 595. The predicted octanol–water partition coefficient (Wildman–Crippen LogP) is 2.28. The average molecular weight is 273 g/mol. The van der Waals surface area contributed by atoms with Crippen LogP contribution in [0.15, 0.2) is 36.4 Å². The van der Waals surface area contributed by atoms with Gasteiger partial charge in [-0.05, 0) is 29.8 Å². The van der Waals surface area contributed by atoms with E-state index in [9.17, 15) is 4.79 Å². The molecule has 2 N–H and O–H groups in total. The highest BCUT2D eigenvalue weighted by Gasteiger charge is 2.09. The summed E-state index contributed by atoms with van der Waals surface area (Å²) in [6, 6.07) is 12.1. The fraction of sp³-hybridized carbons (Fsp3) is 0.312. The van der Waals surface area contributed by atoms with Crippen molar-refractivity contribution in [3.05, 3.63) is 42.0 Å².